The number of aliphatic hydroxyl groups is 6. The van der Waals surface area contributed by atoms with E-state index < -0.39 is 177 Å². The smallest absolute Gasteiger partial charge is 0.691 e. The van der Waals surface area contributed by atoms with Crippen LogP contribution in [0.5, 0.6) is 11.5 Å². The van der Waals surface area contributed by atoms with Crippen molar-refractivity contribution in [2.24, 2.45) is 11.7 Å². The zero-order valence-electron chi connectivity index (χ0n) is 50.6. The van der Waals surface area contributed by atoms with E-state index in [2.05, 4.69) is 68.3 Å². The number of β-amino-alcohol motifs (C(OH)–C–C–N with tert-alkyl or cyclic N) is 1. The number of hydrogen-bond donors (Lipinski definition) is 13. The Balaban J connectivity index is 0.0000111. The van der Waals surface area contributed by atoms with Crippen molar-refractivity contribution in [1.82, 2.24) is 56.4 Å². The molecule has 4 aliphatic rings. The molecule has 0 saturated carbocycles. The quantitative estimate of drug-likeness (QED) is 0.0135. The molecule has 4 aliphatic heterocycles. The third-order valence-corrected chi connectivity index (χ3v) is 17.7. The standard InChI is InChI=1S/C58H71N13O19S2.Na/c1-28-25-70-48(49(28)79)54(84)60-24-36(73)20-38(62-50(80)31-7-9-32(10-8-31)55-66-67-56(91-55)33-23-61-71(26-33)35-13-11-34(12-14-35)68-16-4-3-5-17-68)51(81)63-45(29(2)72)57(85)69-27-37(74)21-39(69)52(82)64-46(53(83)65-47(58(70)86)42(77)22-44(59)78)41(76)18-30-6-15-40(75)43(19-30)88-92-90-89-87;/h6-15,19,23,26,28-29,36-39,41-42,45-49,72-77,79,87H,3-5,16-18,20-22,24-25,27H2,1-2H3,(H2,59,78)(H,60,84)(H,62,80)(H,63,81)(H,64,82)(H,65,83);/q;+1/p-1. The second-order valence-corrected chi connectivity index (χ2v) is 24.4. The summed E-state index contributed by atoms with van der Waals surface area (Å²) in [6.07, 6.45) is -6.64. The number of aliphatic hydroxyl groups excluding tert-OH is 6. The molecule has 9 rings (SSSR count). The molecule has 8 amide bonds. The number of hydrogen-bond acceptors (Lipinski definition) is 25. The molecule has 13 unspecified atom stereocenters. The maximum absolute atomic E-state index is 14.7. The number of fused-ring (bicyclic) bond motifs is 2. The molecule has 6 heterocycles. The van der Waals surface area contributed by atoms with Crippen LogP contribution in [0.2, 0.25) is 0 Å². The number of carbonyl (C=O) groups excluding carboxylic acids is 8. The molecule has 0 aliphatic carbocycles. The molecule has 3 aromatic carbocycles. The Morgan fingerprint density at radius 1 is 0.785 bits per heavy atom. The number of phenolic OH excluding ortho intramolecular Hbond substituents is 1. The van der Waals surface area contributed by atoms with Crippen molar-refractivity contribution in [3.05, 3.63) is 90.3 Å². The summed E-state index contributed by atoms with van der Waals surface area (Å²) >= 11 is 1.26. The molecule has 4 saturated heterocycles. The molecular weight excluding hydrogens is 1270 g/mol. The van der Waals surface area contributed by atoms with Crippen molar-refractivity contribution in [2.45, 2.75) is 132 Å². The maximum atomic E-state index is 14.7. The number of nitrogens with zero attached hydrogens (tertiary/aromatic N) is 7. The molecule has 494 valence electrons. The number of aromatic hydroxyl groups is 1. The summed E-state index contributed by atoms with van der Waals surface area (Å²) in [5.41, 5.74) is 8.76. The van der Waals surface area contributed by atoms with Crippen molar-refractivity contribution in [1.29, 1.82) is 0 Å². The van der Waals surface area contributed by atoms with Gasteiger partial charge in [0.25, 0.3) is 18.2 Å². The first-order valence-corrected chi connectivity index (χ1v) is 30.9. The van der Waals surface area contributed by atoms with Gasteiger partial charge in [-0.2, -0.15) is 5.10 Å². The molecule has 0 bridgehead atoms. The maximum Gasteiger partial charge on any atom is 1.00 e. The second-order valence-electron chi connectivity index (χ2n) is 23.0. The number of amides is 8. The largest absolute Gasteiger partial charge is 1.00 e. The fourth-order valence-corrected chi connectivity index (χ4v) is 12.5. The SMILES string of the molecule is CC(O)C1NC(=O)C(NC(=O)c2ccc(-c3nnc(-c4cnn(-c5ccc(N6CCCCC6)cc5)c4)s3)cc2)CC(O)CNC(=O)C2C(O)C(C)CN2C(=O)C(C(O)CC(N)=O)NC(=O)C(C(O)Cc2ccc(O)c(OSOO[O-])c2)NC(=O)C2CC(O)CN2C1=O.[Na+]. The van der Waals surface area contributed by atoms with E-state index >= 15 is 0 Å². The number of nitrogens with one attached hydrogen (secondary N) is 5. The zero-order valence-corrected chi connectivity index (χ0v) is 54.2. The Kier molecular flexibility index (Phi) is 24.7. The van der Waals surface area contributed by atoms with Crippen LogP contribution in [-0.4, -0.2) is 218 Å². The predicted molar refractivity (Wildman–Crippen MR) is 321 cm³/mol. The Labute approximate surface area is 561 Å². The van der Waals surface area contributed by atoms with E-state index in [0.717, 1.165) is 66.2 Å². The van der Waals surface area contributed by atoms with Crippen LogP contribution in [0.1, 0.15) is 68.3 Å². The molecule has 0 spiro atoms. The van der Waals surface area contributed by atoms with Crippen LogP contribution in [0.25, 0.3) is 26.8 Å². The van der Waals surface area contributed by atoms with Crippen LogP contribution in [0, 0.1) is 5.92 Å². The van der Waals surface area contributed by atoms with Crippen molar-refractivity contribution in [3.63, 3.8) is 0 Å². The number of primary amides is 1. The van der Waals surface area contributed by atoms with Crippen LogP contribution < -0.4 is 76.2 Å². The van der Waals surface area contributed by atoms with Gasteiger partial charge in [0.2, 0.25) is 41.4 Å². The molecular formula is C58H70N13NaO19S2. The summed E-state index contributed by atoms with van der Waals surface area (Å²) in [6.45, 7) is 2.88. The number of aromatic nitrogens is 4. The van der Waals surface area contributed by atoms with Gasteiger partial charge in [0.05, 0.1) is 60.5 Å². The van der Waals surface area contributed by atoms with Gasteiger partial charge in [0, 0.05) is 80.9 Å². The average molecular weight is 1340 g/mol. The number of rotatable bonds is 17. The summed E-state index contributed by atoms with van der Waals surface area (Å²) in [7, 11) is 0. The Morgan fingerprint density at radius 3 is 2.12 bits per heavy atom. The Hall–Kier alpha value is -7.42. The number of benzene rings is 3. The van der Waals surface area contributed by atoms with E-state index in [-0.39, 0.29) is 58.8 Å². The summed E-state index contributed by atoms with van der Waals surface area (Å²) in [5, 5.41) is 119. The summed E-state index contributed by atoms with van der Waals surface area (Å²) in [5.74, 6) is -11.2. The van der Waals surface area contributed by atoms with Crippen molar-refractivity contribution in [2.75, 3.05) is 37.6 Å². The molecule has 5 aromatic rings. The number of phenols is 1. The fourth-order valence-electron chi connectivity index (χ4n) is 11.4. The average Bonchev–Trinajstić information content (AvgIpc) is 1.70. The second kappa shape index (κ2) is 32.1. The van der Waals surface area contributed by atoms with Gasteiger partial charge in [-0.1, -0.05) is 36.5 Å². The summed E-state index contributed by atoms with van der Waals surface area (Å²) in [6, 6.07) is 5.92. The van der Waals surface area contributed by atoms with E-state index in [1.807, 2.05) is 18.3 Å². The van der Waals surface area contributed by atoms with Gasteiger partial charge in [-0.05, 0) is 80.3 Å². The zero-order chi connectivity index (χ0) is 66.1. The third kappa shape index (κ3) is 17.5. The number of carbonyl (C=O) groups is 8. The summed E-state index contributed by atoms with van der Waals surface area (Å²) < 4.78 is 10.9. The molecule has 2 aromatic heterocycles. The minimum absolute atomic E-state index is 0. The number of nitrogens with two attached hydrogens (primary N) is 1. The van der Waals surface area contributed by atoms with Crippen molar-refractivity contribution >= 4 is 76.6 Å². The van der Waals surface area contributed by atoms with Gasteiger partial charge in [0.1, 0.15) is 41.3 Å². The van der Waals surface area contributed by atoms with Crippen LogP contribution in [-0.2, 0) is 49.4 Å². The van der Waals surface area contributed by atoms with E-state index in [9.17, 15) is 79.4 Å². The van der Waals surface area contributed by atoms with E-state index in [0.29, 0.717) is 21.1 Å². The topological polar surface area (TPSA) is 468 Å². The summed E-state index contributed by atoms with van der Waals surface area (Å²) in [4.78, 5) is 118. The van der Waals surface area contributed by atoms with Crippen LogP contribution in [0.4, 0.5) is 5.69 Å². The fraction of sp³-hybridized carbons (Fsp3) is 0.466. The Morgan fingerprint density at radius 2 is 1.44 bits per heavy atom. The molecule has 14 N–H and O–H groups in total. The first kappa shape index (κ1) is 71.4. The Bertz CT molecular complexity index is 3470. The number of piperidine rings is 1. The van der Waals surface area contributed by atoms with Crippen molar-refractivity contribution < 1.29 is 122 Å². The minimum atomic E-state index is -2.23. The van der Waals surface area contributed by atoms with E-state index in [1.165, 1.54) is 42.9 Å². The third-order valence-electron chi connectivity index (χ3n) is 16.3. The van der Waals surface area contributed by atoms with Gasteiger partial charge in [0.15, 0.2) is 16.5 Å². The van der Waals surface area contributed by atoms with Gasteiger partial charge in [-0.25, -0.2) is 4.68 Å². The normalized spacial score (nSPS) is 25.4. The first-order valence-electron chi connectivity index (χ1n) is 29.4. The van der Waals surface area contributed by atoms with E-state index in [4.69, 9.17) is 9.92 Å². The van der Waals surface area contributed by atoms with Gasteiger partial charge in [-0.15, -0.1) is 14.5 Å². The minimum Gasteiger partial charge on any atom is -0.691 e. The first-order chi connectivity index (χ1) is 44.0. The van der Waals surface area contributed by atoms with Crippen LogP contribution >= 0.6 is 23.7 Å². The van der Waals surface area contributed by atoms with Crippen LogP contribution in [0.15, 0.2) is 79.1 Å². The number of anilines is 1. The molecule has 93 heavy (non-hydrogen) atoms. The van der Waals surface area contributed by atoms with Crippen LogP contribution in [0.3, 0.4) is 0 Å². The molecule has 32 nitrogen and oxygen atoms in total. The molecule has 0 radical (unpaired) electrons. The van der Waals surface area contributed by atoms with Gasteiger partial charge < -0.3 is 92.2 Å². The van der Waals surface area contributed by atoms with Crippen molar-refractivity contribution in [3.8, 4) is 38.3 Å². The molecule has 35 heteroatoms. The molecule has 13 atom stereocenters. The molecule has 4 fully saturated rings. The van der Waals surface area contributed by atoms with Gasteiger partial charge in [-0.3, -0.25) is 43.4 Å². The predicted octanol–water partition coefficient (Wildman–Crippen LogP) is -6.25. The monoisotopic (exact) mass is 1340 g/mol. The van der Waals surface area contributed by atoms with E-state index in [1.54, 1.807) is 23.0 Å². The van der Waals surface area contributed by atoms with Gasteiger partial charge >= 0.3 is 29.6 Å².